The molecule has 0 bridgehead atoms. The zero-order chi connectivity index (χ0) is 12.1. The molecule has 3 heteroatoms. The minimum atomic E-state index is 0.0355. The summed E-state index contributed by atoms with van der Waals surface area (Å²) in [5, 5.41) is 9.81. The summed E-state index contributed by atoms with van der Waals surface area (Å²) in [6, 6.07) is 3.26. The van der Waals surface area contributed by atoms with Crippen LogP contribution in [-0.4, -0.2) is 18.5 Å². The maximum absolute atomic E-state index is 10.8. The van der Waals surface area contributed by atoms with Gasteiger partial charge >= 0.3 is 0 Å². The van der Waals surface area contributed by atoms with Gasteiger partial charge in [0.1, 0.15) is 11.5 Å². The number of methoxy groups -OCH3 is 1. The first kappa shape index (κ1) is 12.3. The average Bonchev–Trinajstić information content (AvgIpc) is 2.27. The number of carbonyl (C=O) groups is 1. The molecule has 0 fully saturated rings. The monoisotopic (exact) mass is 220 g/mol. The lowest BCUT2D eigenvalue weighted by atomic mass is 10.0. The molecule has 1 aromatic carbocycles. The summed E-state index contributed by atoms with van der Waals surface area (Å²) in [5.41, 5.74) is 2.12. The van der Waals surface area contributed by atoms with Crippen LogP contribution in [0, 0.1) is 0 Å². The van der Waals surface area contributed by atoms with Crippen LogP contribution in [-0.2, 0) is 6.42 Å². The highest BCUT2D eigenvalue weighted by atomic mass is 16.5. The van der Waals surface area contributed by atoms with E-state index in [-0.39, 0.29) is 11.3 Å². The zero-order valence-corrected chi connectivity index (χ0v) is 9.78. The van der Waals surface area contributed by atoms with Crippen molar-refractivity contribution in [1.29, 1.82) is 0 Å². The number of hydrogen-bond donors (Lipinski definition) is 1. The van der Waals surface area contributed by atoms with Crippen molar-refractivity contribution < 1.29 is 14.6 Å². The lowest BCUT2D eigenvalue weighted by molar-refractivity contribution is 0.112. The van der Waals surface area contributed by atoms with Crippen LogP contribution >= 0.6 is 0 Å². The van der Waals surface area contributed by atoms with Crippen LogP contribution < -0.4 is 4.74 Å². The largest absolute Gasteiger partial charge is 0.507 e. The fraction of sp³-hybridized carbons (Fsp3) is 0.308. The molecule has 0 heterocycles. The number of hydrogen-bond acceptors (Lipinski definition) is 3. The lowest BCUT2D eigenvalue weighted by Gasteiger charge is -2.08. The van der Waals surface area contributed by atoms with Crippen molar-refractivity contribution >= 4 is 6.29 Å². The van der Waals surface area contributed by atoms with Crippen molar-refractivity contribution in [2.45, 2.75) is 20.3 Å². The molecule has 1 N–H and O–H groups in total. The normalized spacial score (nSPS) is 9.69. The molecule has 0 aliphatic carbocycles. The molecule has 0 aliphatic heterocycles. The van der Waals surface area contributed by atoms with Crippen molar-refractivity contribution in [2.75, 3.05) is 7.11 Å². The first-order valence-electron chi connectivity index (χ1n) is 5.07. The highest BCUT2D eigenvalue weighted by Crippen LogP contribution is 2.28. The van der Waals surface area contributed by atoms with E-state index < -0.39 is 0 Å². The Balaban J connectivity index is 3.15. The van der Waals surface area contributed by atoms with Gasteiger partial charge in [-0.1, -0.05) is 11.6 Å². The SMILES string of the molecule is COc1cc(C=O)c(O)c(CC=C(C)C)c1. The standard InChI is InChI=1S/C13H16O3/c1-9(2)4-5-10-6-12(16-3)7-11(8-14)13(10)15/h4,6-8,15H,5H2,1-3H3. The molecule has 3 nitrogen and oxygen atoms in total. The van der Waals surface area contributed by atoms with Crippen LogP contribution in [0.2, 0.25) is 0 Å². The molecule has 0 radical (unpaired) electrons. The van der Waals surface area contributed by atoms with Gasteiger partial charge < -0.3 is 9.84 Å². The fourth-order valence-corrected chi connectivity index (χ4v) is 1.37. The number of allylic oxidation sites excluding steroid dienone is 2. The highest BCUT2D eigenvalue weighted by Gasteiger charge is 2.08. The predicted octanol–water partition coefficient (Wildman–Crippen LogP) is 2.72. The molecule has 0 aliphatic rings. The molecule has 0 aromatic heterocycles. The average molecular weight is 220 g/mol. The maximum atomic E-state index is 10.8. The van der Waals surface area contributed by atoms with E-state index in [1.807, 2.05) is 19.9 Å². The summed E-state index contributed by atoms with van der Waals surface area (Å²) < 4.78 is 5.07. The molecule has 16 heavy (non-hydrogen) atoms. The summed E-state index contributed by atoms with van der Waals surface area (Å²) in [6.45, 7) is 3.97. The van der Waals surface area contributed by atoms with Crippen molar-refractivity contribution in [2.24, 2.45) is 0 Å². The zero-order valence-electron chi connectivity index (χ0n) is 9.78. The number of rotatable bonds is 4. The van der Waals surface area contributed by atoms with Gasteiger partial charge in [-0.2, -0.15) is 0 Å². The van der Waals surface area contributed by atoms with Gasteiger partial charge in [0.15, 0.2) is 6.29 Å². The quantitative estimate of drug-likeness (QED) is 0.627. The highest BCUT2D eigenvalue weighted by molar-refractivity contribution is 5.81. The third kappa shape index (κ3) is 2.86. The van der Waals surface area contributed by atoms with Gasteiger partial charge in [-0.15, -0.1) is 0 Å². The summed E-state index contributed by atoms with van der Waals surface area (Å²) in [4.78, 5) is 10.8. The maximum Gasteiger partial charge on any atom is 0.153 e. The second-order valence-electron chi connectivity index (χ2n) is 3.83. The second-order valence-corrected chi connectivity index (χ2v) is 3.83. The van der Waals surface area contributed by atoms with Crippen LogP contribution in [0.5, 0.6) is 11.5 Å². The number of carbonyl (C=O) groups excluding carboxylic acids is 1. The smallest absolute Gasteiger partial charge is 0.153 e. The van der Waals surface area contributed by atoms with Gasteiger partial charge in [-0.05, 0) is 32.4 Å². The second kappa shape index (κ2) is 5.35. The van der Waals surface area contributed by atoms with Gasteiger partial charge in [-0.3, -0.25) is 4.79 Å². The fourth-order valence-electron chi connectivity index (χ4n) is 1.37. The van der Waals surface area contributed by atoms with Gasteiger partial charge in [0.05, 0.1) is 12.7 Å². The Morgan fingerprint density at radius 2 is 2.12 bits per heavy atom. The van der Waals surface area contributed by atoms with Crippen molar-refractivity contribution in [3.05, 3.63) is 34.9 Å². The third-order valence-corrected chi connectivity index (χ3v) is 2.28. The van der Waals surface area contributed by atoms with E-state index in [9.17, 15) is 9.90 Å². The van der Waals surface area contributed by atoms with E-state index in [2.05, 4.69) is 0 Å². The van der Waals surface area contributed by atoms with Gasteiger partial charge in [-0.25, -0.2) is 0 Å². The lowest BCUT2D eigenvalue weighted by Crippen LogP contribution is -1.93. The molecular weight excluding hydrogens is 204 g/mol. The molecule has 0 saturated heterocycles. The summed E-state index contributed by atoms with van der Waals surface area (Å²) >= 11 is 0. The topological polar surface area (TPSA) is 46.5 Å². The Bertz CT molecular complexity index is 415. The Kier molecular flexibility index (Phi) is 4.11. The summed E-state index contributed by atoms with van der Waals surface area (Å²) in [5.74, 6) is 0.616. The Hall–Kier alpha value is -1.77. The minimum absolute atomic E-state index is 0.0355. The van der Waals surface area contributed by atoms with Gasteiger partial charge in [0.25, 0.3) is 0 Å². The van der Waals surface area contributed by atoms with E-state index in [1.54, 1.807) is 6.07 Å². The van der Waals surface area contributed by atoms with Gasteiger partial charge in [0.2, 0.25) is 0 Å². The number of phenols is 1. The van der Waals surface area contributed by atoms with Crippen LogP contribution in [0.4, 0.5) is 0 Å². The molecule has 0 spiro atoms. The molecule has 0 unspecified atom stereocenters. The van der Waals surface area contributed by atoms with Crippen LogP contribution in [0.1, 0.15) is 29.8 Å². The molecule has 1 rings (SSSR count). The van der Waals surface area contributed by atoms with E-state index in [4.69, 9.17) is 4.74 Å². The summed E-state index contributed by atoms with van der Waals surface area (Å²) in [7, 11) is 1.53. The third-order valence-electron chi connectivity index (χ3n) is 2.28. The van der Waals surface area contributed by atoms with Crippen LogP contribution in [0.3, 0.4) is 0 Å². The number of aromatic hydroxyl groups is 1. The molecule has 0 amide bonds. The van der Waals surface area contributed by atoms with E-state index in [0.717, 1.165) is 5.57 Å². The van der Waals surface area contributed by atoms with Crippen molar-refractivity contribution in [1.82, 2.24) is 0 Å². The molecule has 86 valence electrons. The van der Waals surface area contributed by atoms with E-state index >= 15 is 0 Å². The Morgan fingerprint density at radius 3 is 2.62 bits per heavy atom. The Morgan fingerprint density at radius 1 is 1.44 bits per heavy atom. The first-order valence-corrected chi connectivity index (χ1v) is 5.07. The van der Waals surface area contributed by atoms with Gasteiger partial charge in [0, 0.05) is 5.56 Å². The van der Waals surface area contributed by atoms with Crippen LogP contribution in [0.25, 0.3) is 0 Å². The molecular formula is C13H16O3. The molecule has 1 aromatic rings. The van der Waals surface area contributed by atoms with E-state index in [1.165, 1.54) is 13.2 Å². The summed E-state index contributed by atoms with van der Waals surface area (Å²) in [6.07, 6.45) is 3.21. The molecule has 0 atom stereocenters. The minimum Gasteiger partial charge on any atom is -0.507 e. The first-order chi connectivity index (χ1) is 7.58. The van der Waals surface area contributed by atoms with Crippen molar-refractivity contribution in [3.63, 3.8) is 0 Å². The van der Waals surface area contributed by atoms with E-state index in [0.29, 0.717) is 24.0 Å². The number of ether oxygens (including phenoxy) is 1. The number of aldehydes is 1. The van der Waals surface area contributed by atoms with Crippen LogP contribution in [0.15, 0.2) is 23.8 Å². The Labute approximate surface area is 95.4 Å². The number of phenolic OH excluding ortho intramolecular Hbond substituents is 1. The predicted molar refractivity (Wildman–Crippen MR) is 63.2 cm³/mol. The van der Waals surface area contributed by atoms with Crippen molar-refractivity contribution in [3.8, 4) is 11.5 Å². The number of benzene rings is 1. The molecule has 0 saturated carbocycles.